The number of benzene rings is 2. The molecule has 3 aromatic rings. The number of nitrogens with one attached hydrogen (secondary N) is 2. The van der Waals surface area contributed by atoms with Gasteiger partial charge in [-0.25, -0.2) is 10.4 Å². The summed E-state index contributed by atoms with van der Waals surface area (Å²) in [5.74, 6) is 0.389. The van der Waals surface area contributed by atoms with Crippen LogP contribution in [0, 0.1) is 0 Å². The number of carbonyl (C=O) groups is 1. The smallest absolute Gasteiger partial charge is 0.271 e. The fourth-order valence-electron chi connectivity index (χ4n) is 2.26. The molecule has 0 aliphatic heterocycles. The molecule has 6 nitrogen and oxygen atoms in total. The molecule has 1 aromatic heterocycles. The second-order valence-electron chi connectivity index (χ2n) is 6.06. The van der Waals surface area contributed by atoms with Gasteiger partial charge in [0.25, 0.3) is 5.91 Å². The quantitative estimate of drug-likeness (QED) is 0.417. The third kappa shape index (κ3) is 5.55. The summed E-state index contributed by atoms with van der Waals surface area (Å²) in [6.07, 6.45) is 1.55. The number of para-hydroxylation sites is 1. The van der Waals surface area contributed by atoms with Crippen LogP contribution < -0.4 is 15.5 Å². The van der Waals surface area contributed by atoms with Gasteiger partial charge in [-0.15, -0.1) is 0 Å². The van der Waals surface area contributed by atoms with Crippen molar-refractivity contribution >= 4 is 45.9 Å². The molecule has 0 bridgehead atoms. The minimum atomic E-state index is -0.324. The Hall–Kier alpha value is -2.90. The van der Waals surface area contributed by atoms with Gasteiger partial charge in [-0.1, -0.05) is 41.1 Å². The normalized spacial score (nSPS) is 11.0. The van der Waals surface area contributed by atoms with Crippen molar-refractivity contribution in [1.29, 1.82) is 0 Å². The van der Waals surface area contributed by atoms with Crippen molar-refractivity contribution in [3.05, 3.63) is 70.2 Å². The minimum absolute atomic E-state index is 0.0784. The highest BCUT2D eigenvalue weighted by Gasteiger charge is 2.09. The molecule has 28 heavy (non-hydrogen) atoms. The number of amides is 1. The molecule has 0 saturated carbocycles. The Kier molecular flexibility index (Phi) is 6.62. The lowest BCUT2D eigenvalue weighted by molar-refractivity contribution is 0.0955. The molecule has 0 spiro atoms. The number of hydrogen-bond acceptors (Lipinski definition) is 6. The molecular weight excluding hydrogens is 396 g/mol. The third-order valence-electron chi connectivity index (χ3n) is 3.47. The Labute approximate surface area is 172 Å². The number of aromatic nitrogens is 1. The van der Waals surface area contributed by atoms with E-state index in [-0.39, 0.29) is 12.0 Å². The predicted molar refractivity (Wildman–Crippen MR) is 114 cm³/mol. The summed E-state index contributed by atoms with van der Waals surface area (Å²) in [5, 5.41) is 8.10. The molecule has 0 fully saturated rings. The highest BCUT2D eigenvalue weighted by atomic mass is 35.5. The molecule has 144 valence electrons. The second-order valence-corrected chi connectivity index (χ2v) is 7.44. The first-order valence-corrected chi connectivity index (χ1v) is 9.79. The fraction of sp³-hybridized carbons (Fsp3) is 0.150. The van der Waals surface area contributed by atoms with E-state index in [4.69, 9.17) is 16.3 Å². The van der Waals surface area contributed by atoms with Gasteiger partial charge in [0.15, 0.2) is 10.3 Å². The van der Waals surface area contributed by atoms with Crippen LogP contribution in [0.2, 0.25) is 5.15 Å². The number of halogens is 1. The molecule has 2 aromatic carbocycles. The summed E-state index contributed by atoms with van der Waals surface area (Å²) in [6, 6.07) is 16.5. The van der Waals surface area contributed by atoms with Crippen molar-refractivity contribution in [2.45, 2.75) is 20.0 Å². The van der Waals surface area contributed by atoms with Crippen LogP contribution in [0.3, 0.4) is 0 Å². The van der Waals surface area contributed by atoms with Gasteiger partial charge >= 0.3 is 0 Å². The Morgan fingerprint density at radius 3 is 2.57 bits per heavy atom. The lowest BCUT2D eigenvalue weighted by Gasteiger charge is -2.09. The summed E-state index contributed by atoms with van der Waals surface area (Å²) >= 11 is 7.48. The van der Waals surface area contributed by atoms with Crippen molar-refractivity contribution in [1.82, 2.24) is 10.4 Å². The van der Waals surface area contributed by atoms with E-state index in [1.165, 1.54) is 17.6 Å². The first-order chi connectivity index (χ1) is 13.5. The van der Waals surface area contributed by atoms with Crippen molar-refractivity contribution in [3.8, 4) is 5.75 Å². The Morgan fingerprint density at radius 1 is 1.18 bits per heavy atom. The molecule has 3 rings (SSSR count). The number of carbonyl (C=O) groups excluding carboxylic acids is 1. The van der Waals surface area contributed by atoms with Gasteiger partial charge in [0.1, 0.15) is 5.75 Å². The van der Waals surface area contributed by atoms with Crippen LogP contribution >= 0.6 is 22.9 Å². The first kappa shape index (κ1) is 19.9. The molecule has 2 N–H and O–H groups in total. The van der Waals surface area contributed by atoms with Gasteiger partial charge in [0.2, 0.25) is 0 Å². The Balaban J connectivity index is 1.59. The zero-order valence-electron chi connectivity index (χ0n) is 15.3. The maximum absolute atomic E-state index is 12.2. The van der Waals surface area contributed by atoms with E-state index >= 15 is 0 Å². The molecule has 8 heteroatoms. The molecular formula is C20H19ClN4O2S. The largest absolute Gasteiger partial charge is 0.491 e. The maximum Gasteiger partial charge on any atom is 0.271 e. The number of nitrogens with zero attached hydrogens (tertiary/aromatic N) is 2. The number of hydrazone groups is 1. The van der Waals surface area contributed by atoms with Gasteiger partial charge in [-0.3, -0.25) is 4.79 Å². The molecule has 0 aliphatic rings. The van der Waals surface area contributed by atoms with Crippen LogP contribution in [0.25, 0.3) is 0 Å². The number of thiazole rings is 1. The van der Waals surface area contributed by atoms with Crippen LogP contribution in [0.4, 0.5) is 10.8 Å². The van der Waals surface area contributed by atoms with Crippen LogP contribution in [0.15, 0.2) is 59.7 Å². The van der Waals surface area contributed by atoms with E-state index in [1.807, 2.05) is 44.2 Å². The molecule has 0 saturated heterocycles. The van der Waals surface area contributed by atoms with Crippen molar-refractivity contribution < 1.29 is 9.53 Å². The number of hydrogen-bond donors (Lipinski definition) is 2. The molecule has 1 amide bonds. The fourth-order valence-corrected chi connectivity index (χ4v) is 3.31. The zero-order chi connectivity index (χ0) is 19.9. The van der Waals surface area contributed by atoms with Gasteiger partial charge < -0.3 is 10.1 Å². The lowest BCUT2D eigenvalue weighted by atomic mass is 10.2. The molecule has 0 atom stereocenters. The maximum atomic E-state index is 12.2. The van der Waals surface area contributed by atoms with Crippen LogP contribution in [-0.4, -0.2) is 23.2 Å². The summed E-state index contributed by atoms with van der Waals surface area (Å²) in [6.45, 7) is 3.89. The third-order valence-corrected chi connectivity index (χ3v) is 4.78. The van der Waals surface area contributed by atoms with E-state index in [1.54, 1.807) is 24.3 Å². The topological polar surface area (TPSA) is 75.6 Å². The number of ether oxygens (including phenoxy) is 1. The van der Waals surface area contributed by atoms with Crippen LogP contribution in [0.5, 0.6) is 5.75 Å². The molecule has 0 aliphatic carbocycles. The van der Waals surface area contributed by atoms with Gasteiger partial charge in [-0.2, -0.15) is 5.10 Å². The minimum Gasteiger partial charge on any atom is -0.491 e. The highest BCUT2D eigenvalue weighted by molar-refractivity contribution is 7.17. The van der Waals surface area contributed by atoms with E-state index < -0.39 is 0 Å². The molecule has 1 heterocycles. The monoisotopic (exact) mass is 414 g/mol. The number of rotatable bonds is 7. The van der Waals surface area contributed by atoms with Crippen LogP contribution in [-0.2, 0) is 0 Å². The summed E-state index contributed by atoms with van der Waals surface area (Å²) in [4.78, 5) is 17.1. The predicted octanol–water partition coefficient (Wildman–Crippen LogP) is 5.09. The Bertz CT molecular complexity index is 956. The van der Waals surface area contributed by atoms with Gasteiger partial charge in [0.05, 0.1) is 17.2 Å². The highest BCUT2D eigenvalue weighted by Crippen LogP contribution is 2.27. The van der Waals surface area contributed by atoms with E-state index in [9.17, 15) is 4.79 Å². The SMILES string of the molecule is CC(C)Oc1ccc(C(=O)N/N=C/c2sc(Nc3ccccc3)nc2Cl)cc1. The second kappa shape index (κ2) is 9.34. The van der Waals surface area contributed by atoms with E-state index in [2.05, 4.69) is 20.8 Å². The van der Waals surface area contributed by atoms with Gasteiger partial charge in [-0.05, 0) is 50.2 Å². The van der Waals surface area contributed by atoms with Crippen molar-refractivity contribution in [2.75, 3.05) is 5.32 Å². The van der Waals surface area contributed by atoms with E-state index in [0.29, 0.717) is 26.5 Å². The molecule has 0 radical (unpaired) electrons. The zero-order valence-corrected chi connectivity index (χ0v) is 16.9. The number of anilines is 2. The summed E-state index contributed by atoms with van der Waals surface area (Å²) in [5.41, 5.74) is 3.88. The van der Waals surface area contributed by atoms with Gasteiger partial charge in [0, 0.05) is 11.3 Å². The van der Waals surface area contributed by atoms with E-state index in [0.717, 1.165) is 5.69 Å². The molecule has 0 unspecified atom stereocenters. The van der Waals surface area contributed by atoms with Crippen molar-refractivity contribution in [3.63, 3.8) is 0 Å². The van der Waals surface area contributed by atoms with Crippen molar-refractivity contribution in [2.24, 2.45) is 5.10 Å². The standard InChI is InChI=1S/C20H19ClN4O2S/c1-13(2)27-16-10-8-14(9-11-16)19(26)25-22-12-17-18(21)24-20(28-17)23-15-6-4-3-5-7-15/h3-13H,1-2H3,(H,23,24)(H,25,26)/b22-12+. The average molecular weight is 415 g/mol. The Morgan fingerprint density at radius 2 is 1.89 bits per heavy atom. The average Bonchev–Trinajstić information content (AvgIpc) is 3.01. The van der Waals surface area contributed by atoms with Crippen LogP contribution in [0.1, 0.15) is 29.1 Å². The first-order valence-electron chi connectivity index (χ1n) is 8.60. The summed E-state index contributed by atoms with van der Waals surface area (Å²) in [7, 11) is 0. The lowest BCUT2D eigenvalue weighted by Crippen LogP contribution is -2.17. The summed E-state index contributed by atoms with van der Waals surface area (Å²) < 4.78 is 5.56.